The van der Waals surface area contributed by atoms with Crippen LogP contribution >= 0.6 is 0 Å². The van der Waals surface area contributed by atoms with Crippen LogP contribution in [0.15, 0.2) is 48.5 Å². The molecule has 0 spiro atoms. The van der Waals surface area contributed by atoms with Crippen molar-refractivity contribution in [3.8, 4) is 0 Å². The molecule has 0 radical (unpaired) electrons. The second-order valence-electron chi connectivity index (χ2n) is 5.02. The van der Waals surface area contributed by atoms with Gasteiger partial charge in [0.25, 0.3) is 5.91 Å². The summed E-state index contributed by atoms with van der Waals surface area (Å²) in [5.41, 5.74) is 2.22. The van der Waals surface area contributed by atoms with E-state index in [0.29, 0.717) is 6.54 Å². The van der Waals surface area contributed by atoms with Crippen LogP contribution in [0, 0.1) is 5.82 Å². The standard InChI is InChI=1S/C17H16FNO/c18-15-10-3-2-9-14(15)17(20)19-12-6-5-8-13-7-1-4-11-16(13)19/h1-4,7,9-11H,5-6,8,12H2. The number of hydrogen-bond donors (Lipinski definition) is 0. The van der Waals surface area contributed by atoms with E-state index in [-0.39, 0.29) is 11.5 Å². The lowest BCUT2D eigenvalue weighted by Gasteiger charge is -2.23. The minimum atomic E-state index is -0.459. The van der Waals surface area contributed by atoms with Crippen LogP contribution in [0.2, 0.25) is 0 Å². The predicted octanol–water partition coefficient (Wildman–Crippen LogP) is 3.81. The van der Waals surface area contributed by atoms with Gasteiger partial charge in [0.05, 0.1) is 5.56 Å². The summed E-state index contributed by atoms with van der Waals surface area (Å²) in [7, 11) is 0. The molecule has 102 valence electrons. The van der Waals surface area contributed by atoms with Crippen molar-refractivity contribution in [3.63, 3.8) is 0 Å². The fourth-order valence-electron chi connectivity index (χ4n) is 2.68. The monoisotopic (exact) mass is 269 g/mol. The number of aryl methyl sites for hydroxylation is 1. The van der Waals surface area contributed by atoms with Gasteiger partial charge in [-0.2, -0.15) is 0 Å². The van der Waals surface area contributed by atoms with E-state index in [4.69, 9.17) is 0 Å². The molecule has 0 saturated carbocycles. The molecule has 3 heteroatoms. The minimum absolute atomic E-state index is 0.143. The van der Waals surface area contributed by atoms with Crippen LogP contribution in [0.5, 0.6) is 0 Å². The van der Waals surface area contributed by atoms with Crippen molar-refractivity contribution < 1.29 is 9.18 Å². The quantitative estimate of drug-likeness (QED) is 0.771. The number of nitrogens with zero attached hydrogens (tertiary/aromatic N) is 1. The average molecular weight is 269 g/mol. The summed E-state index contributed by atoms with van der Waals surface area (Å²) in [4.78, 5) is 14.3. The molecular formula is C17H16FNO. The topological polar surface area (TPSA) is 20.3 Å². The number of halogens is 1. The molecule has 0 aliphatic carbocycles. The highest BCUT2D eigenvalue weighted by molar-refractivity contribution is 6.06. The highest BCUT2D eigenvalue weighted by atomic mass is 19.1. The Kier molecular flexibility index (Phi) is 3.50. The maximum absolute atomic E-state index is 13.8. The van der Waals surface area contributed by atoms with Crippen molar-refractivity contribution >= 4 is 11.6 Å². The van der Waals surface area contributed by atoms with Gasteiger partial charge in [0.1, 0.15) is 5.82 Å². The van der Waals surface area contributed by atoms with Crippen molar-refractivity contribution in [3.05, 3.63) is 65.5 Å². The molecule has 1 aliphatic rings. The number of rotatable bonds is 1. The zero-order chi connectivity index (χ0) is 13.9. The molecule has 0 unspecified atom stereocenters. The normalized spacial score (nSPS) is 14.6. The van der Waals surface area contributed by atoms with E-state index in [0.717, 1.165) is 30.5 Å². The third-order valence-electron chi connectivity index (χ3n) is 3.71. The first kappa shape index (κ1) is 12.9. The van der Waals surface area contributed by atoms with Gasteiger partial charge >= 0.3 is 0 Å². The summed E-state index contributed by atoms with van der Waals surface area (Å²) in [5, 5.41) is 0. The number of carbonyl (C=O) groups is 1. The molecule has 1 heterocycles. The minimum Gasteiger partial charge on any atom is -0.308 e. The molecule has 20 heavy (non-hydrogen) atoms. The van der Waals surface area contributed by atoms with Crippen LogP contribution in [0.3, 0.4) is 0 Å². The number of hydrogen-bond acceptors (Lipinski definition) is 1. The van der Waals surface area contributed by atoms with E-state index in [1.54, 1.807) is 23.1 Å². The maximum atomic E-state index is 13.8. The number of para-hydroxylation sites is 1. The second kappa shape index (κ2) is 5.45. The summed E-state index contributed by atoms with van der Waals surface area (Å²) in [6, 6.07) is 14.1. The third-order valence-corrected chi connectivity index (χ3v) is 3.71. The van der Waals surface area contributed by atoms with Crippen LogP contribution in [0.25, 0.3) is 0 Å². The largest absolute Gasteiger partial charge is 0.308 e. The molecule has 0 saturated heterocycles. The Morgan fingerprint density at radius 3 is 2.60 bits per heavy atom. The fourth-order valence-corrected chi connectivity index (χ4v) is 2.68. The van der Waals surface area contributed by atoms with Gasteiger partial charge in [0.2, 0.25) is 0 Å². The van der Waals surface area contributed by atoms with Crippen molar-refractivity contribution in [1.29, 1.82) is 0 Å². The lowest BCUT2D eigenvalue weighted by molar-refractivity contribution is 0.0983. The number of amides is 1. The van der Waals surface area contributed by atoms with Gasteiger partial charge in [-0.3, -0.25) is 4.79 Å². The first-order chi connectivity index (χ1) is 9.77. The van der Waals surface area contributed by atoms with Crippen LogP contribution in [-0.4, -0.2) is 12.5 Å². The first-order valence-corrected chi connectivity index (χ1v) is 6.91. The van der Waals surface area contributed by atoms with Crippen LogP contribution in [0.4, 0.5) is 10.1 Å². The highest BCUT2D eigenvalue weighted by Crippen LogP contribution is 2.27. The molecule has 2 nitrogen and oxygen atoms in total. The molecule has 0 bridgehead atoms. The molecule has 3 rings (SSSR count). The molecule has 0 aromatic heterocycles. The highest BCUT2D eigenvalue weighted by Gasteiger charge is 2.23. The van der Waals surface area contributed by atoms with Gasteiger partial charge in [0, 0.05) is 12.2 Å². The zero-order valence-corrected chi connectivity index (χ0v) is 11.2. The van der Waals surface area contributed by atoms with Crippen LogP contribution in [-0.2, 0) is 6.42 Å². The van der Waals surface area contributed by atoms with Crippen molar-refractivity contribution in [2.24, 2.45) is 0 Å². The fraction of sp³-hybridized carbons (Fsp3) is 0.235. The Labute approximate surface area is 117 Å². The van der Waals surface area contributed by atoms with Crippen molar-refractivity contribution in [2.45, 2.75) is 19.3 Å². The van der Waals surface area contributed by atoms with E-state index < -0.39 is 5.82 Å². The summed E-state index contributed by atoms with van der Waals surface area (Å²) in [6.45, 7) is 0.643. The maximum Gasteiger partial charge on any atom is 0.261 e. The van der Waals surface area contributed by atoms with E-state index in [1.165, 1.54) is 6.07 Å². The van der Waals surface area contributed by atoms with E-state index in [1.807, 2.05) is 24.3 Å². The van der Waals surface area contributed by atoms with Crippen molar-refractivity contribution in [2.75, 3.05) is 11.4 Å². The van der Waals surface area contributed by atoms with Gasteiger partial charge < -0.3 is 4.90 Å². The van der Waals surface area contributed by atoms with E-state index in [9.17, 15) is 9.18 Å². The Morgan fingerprint density at radius 1 is 1.00 bits per heavy atom. The molecule has 2 aromatic rings. The Bertz CT molecular complexity index is 638. The van der Waals surface area contributed by atoms with Crippen LogP contribution in [0.1, 0.15) is 28.8 Å². The van der Waals surface area contributed by atoms with Gasteiger partial charge in [-0.1, -0.05) is 30.3 Å². The Hall–Kier alpha value is -2.16. The van der Waals surface area contributed by atoms with Gasteiger partial charge in [0.15, 0.2) is 0 Å². The summed E-state index contributed by atoms with van der Waals surface area (Å²) < 4.78 is 13.8. The molecular weight excluding hydrogens is 253 g/mol. The van der Waals surface area contributed by atoms with Gasteiger partial charge in [-0.15, -0.1) is 0 Å². The smallest absolute Gasteiger partial charge is 0.261 e. The average Bonchev–Trinajstić information content (AvgIpc) is 2.69. The number of anilines is 1. The molecule has 1 amide bonds. The second-order valence-corrected chi connectivity index (χ2v) is 5.02. The predicted molar refractivity (Wildman–Crippen MR) is 77.5 cm³/mol. The third kappa shape index (κ3) is 2.31. The lowest BCUT2D eigenvalue weighted by Crippen LogP contribution is -2.32. The number of benzene rings is 2. The van der Waals surface area contributed by atoms with Gasteiger partial charge in [-0.05, 0) is 43.0 Å². The lowest BCUT2D eigenvalue weighted by atomic mass is 10.1. The summed E-state index contributed by atoms with van der Waals surface area (Å²) in [6.07, 6.45) is 2.96. The molecule has 0 fully saturated rings. The summed E-state index contributed by atoms with van der Waals surface area (Å²) in [5.74, 6) is -0.711. The molecule has 1 aliphatic heterocycles. The number of carbonyl (C=O) groups excluding carboxylic acids is 1. The van der Waals surface area contributed by atoms with Crippen LogP contribution < -0.4 is 4.90 Å². The van der Waals surface area contributed by atoms with Gasteiger partial charge in [-0.25, -0.2) is 4.39 Å². The SMILES string of the molecule is O=C(c1ccccc1F)N1CCCCc2ccccc21. The Morgan fingerprint density at radius 2 is 1.75 bits per heavy atom. The zero-order valence-electron chi connectivity index (χ0n) is 11.2. The van der Waals surface area contributed by atoms with E-state index >= 15 is 0 Å². The first-order valence-electron chi connectivity index (χ1n) is 6.91. The van der Waals surface area contributed by atoms with Crippen molar-refractivity contribution in [1.82, 2.24) is 0 Å². The number of fused-ring (bicyclic) bond motifs is 1. The molecule has 0 N–H and O–H groups in total. The summed E-state index contributed by atoms with van der Waals surface area (Å²) >= 11 is 0. The van der Waals surface area contributed by atoms with E-state index in [2.05, 4.69) is 0 Å². The Balaban J connectivity index is 2.02. The molecule has 2 aromatic carbocycles. The molecule has 0 atom stereocenters.